The molecule has 7 nitrogen and oxygen atoms in total. The van der Waals surface area contributed by atoms with Crippen LogP contribution in [0.5, 0.6) is 28.9 Å². The zero-order valence-corrected chi connectivity index (χ0v) is 24.0. The smallest absolute Gasteiger partial charge is 0.501 e. The first-order valence-electron chi connectivity index (χ1n) is 12.9. The predicted molar refractivity (Wildman–Crippen MR) is 157 cm³/mol. The molecule has 0 saturated heterocycles. The van der Waals surface area contributed by atoms with E-state index in [1.54, 1.807) is 44.0 Å². The van der Waals surface area contributed by atoms with Crippen LogP contribution in [0, 0.1) is 12.1 Å². The third-order valence-corrected chi connectivity index (χ3v) is 6.06. The van der Waals surface area contributed by atoms with Crippen molar-refractivity contribution >= 4 is 17.1 Å². The molecule has 0 aliphatic carbocycles. The van der Waals surface area contributed by atoms with E-state index in [2.05, 4.69) is 32.0 Å². The van der Waals surface area contributed by atoms with Crippen LogP contribution in [0.15, 0.2) is 128 Å². The van der Waals surface area contributed by atoms with Crippen molar-refractivity contribution in [1.29, 1.82) is 0 Å². The van der Waals surface area contributed by atoms with E-state index in [0.717, 1.165) is 17.1 Å². The number of methoxy groups -OCH3 is 1. The standard InChI is InChI=1S/C34H24N4O3.Pd/c1-39-29-15-17-36-33(22-29)25-18-32(24-35-23-25)40-30-19-28(20-31(21-30)41-34-14-8-9-16-37-34)38(26-10-4-2-5-11-26)27-12-6-3-7-13-27;/h2-17,19-20,22-24H,1H3;/q-2;+2. The van der Waals surface area contributed by atoms with Gasteiger partial charge in [0.2, 0.25) is 5.88 Å². The fourth-order valence-electron chi connectivity index (χ4n) is 4.23. The molecule has 0 amide bonds. The molecule has 3 heterocycles. The maximum absolute atomic E-state index is 6.28. The Morgan fingerprint density at radius 1 is 0.619 bits per heavy atom. The van der Waals surface area contributed by atoms with Crippen LogP contribution in [0.4, 0.5) is 17.1 Å². The van der Waals surface area contributed by atoms with Gasteiger partial charge in [-0.1, -0.05) is 66.5 Å². The van der Waals surface area contributed by atoms with E-state index in [4.69, 9.17) is 14.2 Å². The Bertz CT molecular complexity index is 1700. The molecule has 0 fully saturated rings. The molecule has 42 heavy (non-hydrogen) atoms. The molecule has 0 spiro atoms. The molecule has 6 rings (SSSR count). The number of ether oxygens (including phenoxy) is 3. The molecule has 0 saturated carbocycles. The van der Waals surface area contributed by atoms with Gasteiger partial charge in [0.1, 0.15) is 5.75 Å². The van der Waals surface area contributed by atoms with Crippen LogP contribution >= 0.6 is 0 Å². The van der Waals surface area contributed by atoms with E-state index < -0.39 is 0 Å². The number of para-hydroxylation sites is 2. The number of nitrogens with zero attached hydrogens (tertiary/aromatic N) is 4. The Balaban J connectivity index is 0.00000353. The van der Waals surface area contributed by atoms with Crippen LogP contribution < -0.4 is 19.1 Å². The average Bonchev–Trinajstić information content (AvgIpc) is 3.03. The molecule has 8 heteroatoms. The summed E-state index contributed by atoms with van der Waals surface area (Å²) in [6.07, 6.45) is 6.62. The van der Waals surface area contributed by atoms with Crippen molar-refractivity contribution in [3.05, 3.63) is 140 Å². The van der Waals surface area contributed by atoms with Crippen molar-refractivity contribution in [3.8, 4) is 40.1 Å². The van der Waals surface area contributed by atoms with E-state index in [9.17, 15) is 0 Å². The van der Waals surface area contributed by atoms with Gasteiger partial charge in [-0.3, -0.25) is 0 Å². The van der Waals surface area contributed by atoms with Crippen molar-refractivity contribution in [2.75, 3.05) is 12.0 Å². The van der Waals surface area contributed by atoms with Gasteiger partial charge >= 0.3 is 20.4 Å². The largest absolute Gasteiger partial charge is 2.00 e. The van der Waals surface area contributed by atoms with E-state index >= 15 is 0 Å². The van der Waals surface area contributed by atoms with Gasteiger partial charge in [-0.25, -0.2) is 4.98 Å². The molecule has 3 aromatic carbocycles. The third kappa shape index (κ3) is 6.81. The molecule has 0 bridgehead atoms. The van der Waals surface area contributed by atoms with E-state index in [1.165, 1.54) is 0 Å². The minimum atomic E-state index is 0. The van der Waals surface area contributed by atoms with Gasteiger partial charge in [0.15, 0.2) is 0 Å². The molecule has 0 atom stereocenters. The summed E-state index contributed by atoms with van der Waals surface area (Å²) in [5.74, 6) is 2.38. The second-order valence-electron chi connectivity index (χ2n) is 8.84. The second kappa shape index (κ2) is 13.6. The van der Waals surface area contributed by atoms with Crippen LogP contribution in [0.3, 0.4) is 0 Å². The monoisotopic (exact) mass is 642 g/mol. The maximum Gasteiger partial charge on any atom is 2.00 e. The zero-order chi connectivity index (χ0) is 27.9. The van der Waals surface area contributed by atoms with Crippen LogP contribution in [-0.4, -0.2) is 22.1 Å². The van der Waals surface area contributed by atoms with Crippen LogP contribution in [0.2, 0.25) is 0 Å². The summed E-state index contributed by atoms with van der Waals surface area (Å²) in [6.45, 7) is 0. The number of anilines is 3. The minimum absolute atomic E-state index is 0. The molecule has 0 N–H and O–H groups in total. The quantitative estimate of drug-likeness (QED) is 0.116. The molecular formula is C34H24N4O3Pd. The number of benzene rings is 3. The average molecular weight is 643 g/mol. The summed E-state index contributed by atoms with van der Waals surface area (Å²) in [4.78, 5) is 15.2. The van der Waals surface area contributed by atoms with Gasteiger partial charge in [-0.15, -0.1) is 17.7 Å². The van der Waals surface area contributed by atoms with Crippen LogP contribution in [-0.2, 0) is 20.4 Å². The van der Waals surface area contributed by atoms with Gasteiger partial charge in [0.05, 0.1) is 12.9 Å². The van der Waals surface area contributed by atoms with Crippen molar-refractivity contribution in [2.45, 2.75) is 0 Å². The van der Waals surface area contributed by atoms with Gasteiger partial charge in [0.25, 0.3) is 0 Å². The number of hydrogen-bond acceptors (Lipinski definition) is 7. The number of hydrogen-bond donors (Lipinski definition) is 0. The number of aromatic nitrogens is 3. The molecule has 208 valence electrons. The Morgan fingerprint density at radius 2 is 1.31 bits per heavy atom. The Hall–Kier alpha value is -5.03. The first kappa shape index (κ1) is 28.5. The normalized spacial score (nSPS) is 10.3. The molecule has 0 unspecified atom stereocenters. The molecule has 0 aliphatic rings. The van der Waals surface area contributed by atoms with Crippen molar-refractivity contribution in [3.63, 3.8) is 0 Å². The summed E-state index contributed by atoms with van der Waals surface area (Å²) in [5, 5.41) is 0. The first-order chi connectivity index (χ1) is 20.2. The minimum Gasteiger partial charge on any atom is -0.501 e. The van der Waals surface area contributed by atoms with E-state index in [0.29, 0.717) is 40.1 Å². The SMILES string of the molecule is COc1ccnc(-c2[c-]c(Oc3[c-]c(Oc4ccccn4)cc(N(c4ccccc4)c4ccccc4)c3)cnc2)c1.[Pd+2]. The third-order valence-electron chi connectivity index (χ3n) is 6.06. The molecule has 0 radical (unpaired) electrons. The maximum atomic E-state index is 6.28. The van der Waals surface area contributed by atoms with Gasteiger partial charge in [0, 0.05) is 41.3 Å². The summed E-state index contributed by atoms with van der Waals surface area (Å²) >= 11 is 0. The van der Waals surface area contributed by atoms with Crippen molar-refractivity contribution < 1.29 is 34.6 Å². The molecular weight excluding hydrogens is 619 g/mol. The fraction of sp³-hybridized carbons (Fsp3) is 0.0294. The number of pyridine rings is 3. The van der Waals surface area contributed by atoms with Crippen LogP contribution in [0.25, 0.3) is 11.3 Å². The molecule has 3 aromatic heterocycles. The summed E-state index contributed by atoms with van der Waals surface area (Å²) < 4.78 is 17.7. The van der Waals surface area contributed by atoms with Gasteiger partial charge in [-0.2, -0.15) is 0 Å². The van der Waals surface area contributed by atoms with Crippen LogP contribution in [0.1, 0.15) is 0 Å². The van der Waals surface area contributed by atoms with Crippen molar-refractivity contribution in [1.82, 2.24) is 15.0 Å². The topological polar surface area (TPSA) is 69.6 Å². The molecule has 0 aliphatic heterocycles. The van der Waals surface area contributed by atoms with Gasteiger partial charge < -0.3 is 29.1 Å². The zero-order valence-electron chi connectivity index (χ0n) is 22.5. The van der Waals surface area contributed by atoms with Crippen molar-refractivity contribution in [2.24, 2.45) is 0 Å². The van der Waals surface area contributed by atoms with E-state index in [1.807, 2.05) is 91.0 Å². The summed E-state index contributed by atoms with van der Waals surface area (Å²) in [7, 11) is 1.61. The number of rotatable bonds is 9. The summed E-state index contributed by atoms with van der Waals surface area (Å²) in [5.41, 5.74) is 4.08. The Morgan fingerprint density at radius 3 is 1.98 bits per heavy atom. The predicted octanol–water partition coefficient (Wildman–Crippen LogP) is 8.20. The second-order valence-corrected chi connectivity index (χ2v) is 8.84. The fourth-order valence-corrected chi connectivity index (χ4v) is 4.23. The Kier molecular flexibility index (Phi) is 9.20. The Labute approximate surface area is 258 Å². The molecule has 6 aromatic rings. The van der Waals surface area contributed by atoms with Gasteiger partial charge in [-0.05, 0) is 54.4 Å². The first-order valence-corrected chi connectivity index (χ1v) is 12.9. The summed E-state index contributed by atoms with van der Waals surface area (Å²) in [6, 6.07) is 39.5. The van der Waals surface area contributed by atoms with E-state index in [-0.39, 0.29) is 20.4 Å².